The van der Waals surface area contributed by atoms with Gasteiger partial charge in [0, 0.05) is 18.8 Å². The maximum Gasteiger partial charge on any atom is 0.326 e. The molecule has 90 valence electrons. The van der Waals surface area contributed by atoms with E-state index in [0.717, 1.165) is 12.8 Å². The lowest BCUT2D eigenvalue weighted by Gasteiger charge is -2.13. The van der Waals surface area contributed by atoms with Crippen LogP contribution in [0.15, 0.2) is 0 Å². The van der Waals surface area contributed by atoms with E-state index in [1.54, 1.807) is 6.92 Å². The molecule has 0 heterocycles. The van der Waals surface area contributed by atoms with Crippen LogP contribution in [-0.2, 0) is 14.4 Å². The number of amides is 1. The van der Waals surface area contributed by atoms with Crippen molar-refractivity contribution >= 4 is 17.7 Å². The second-order valence-electron chi connectivity index (χ2n) is 4.10. The Balaban J connectivity index is 2.37. The number of carbonyl (C=O) groups excluding carboxylic acids is 2. The highest BCUT2D eigenvalue weighted by molar-refractivity contribution is 5.87. The van der Waals surface area contributed by atoms with Gasteiger partial charge in [0.25, 0.3) is 0 Å². The molecule has 1 rings (SSSR count). The Morgan fingerprint density at radius 3 is 2.44 bits per heavy atom. The minimum absolute atomic E-state index is 0.0104. The summed E-state index contributed by atoms with van der Waals surface area (Å²) in [7, 11) is 0. The molecule has 1 fully saturated rings. The Morgan fingerprint density at radius 2 is 2.00 bits per heavy atom. The summed E-state index contributed by atoms with van der Waals surface area (Å²) in [5.74, 6) is -1.26. The number of carboxylic acid groups (broad SMARTS) is 1. The molecule has 0 radical (unpaired) electrons. The maximum absolute atomic E-state index is 11.4. The fourth-order valence-electron chi connectivity index (χ4n) is 1.37. The summed E-state index contributed by atoms with van der Waals surface area (Å²) in [6.45, 7) is 1.74. The van der Waals surface area contributed by atoms with Crippen LogP contribution < -0.4 is 5.32 Å². The van der Waals surface area contributed by atoms with Gasteiger partial charge in [-0.25, -0.2) is 4.79 Å². The van der Waals surface area contributed by atoms with Gasteiger partial charge in [0.1, 0.15) is 11.8 Å². The summed E-state index contributed by atoms with van der Waals surface area (Å²) in [5.41, 5.74) is 0. The number of carboxylic acids is 1. The van der Waals surface area contributed by atoms with E-state index in [0.29, 0.717) is 6.42 Å². The van der Waals surface area contributed by atoms with Gasteiger partial charge in [-0.3, -0.25) is 9.59 Å². The van der Waals surface area contributed by atoms with E-state index in [9.17, 15) is 14.4 Å². The molecule has 0 aromatic carbocycles. The second kappa shape index (κ2) is 5.63. The number of carbonyl (C=O) groups is 3. The van der Waals surface area contributed by atoms with Crippen LogP contribution in [0.1, 0.15) is 39.0 Å². The number of nitrogens with one attached hydrogen (secondary N) is 1. The van der Waals surface area contributed by atoms with Crippen molar-refractivity contribution in [3.8, 4) is 0 Å². The van der Waals surface area contributed by atoms with Crippen LogP contribution >= 0.6 is 0 Å². The number of aliphatic carboxylic acids is 1. The normalized spacial score (nSPS) is 16.6. The molecule has 16 heavy (non-hydrogen) atoms. The summed E-state index contributed by atoms with van der Waals surface area (Å²) >= 11 is 0. The molecular weight excluding hydrogens is 210 g/mol. The largest absolute Gasteiger partial charge is 0.480 e. The summed E-state index contributed by atoms with van der Waals surface area (Å²) in [4.78, 5) is 33.3. The Bertz CT molecular complexity index is 296. The Kier molecular flexibility index (Phi) is 4.46. The van der Waals surface area contributed by atoms with Crippen molar-refractivity contribution in [3.63, 3.8) is 0 Å². The highest BCUT2D eigenvalue weighted by Gasteiger charge is 2.32. The number of hydrogen-bond donors (Lipinski definition) is 2. The molecule has 1 aliphatic rings. The van der Waals surface area contributed by atoms with Crippen molar-refractivity contribution in [1.82, 2.24) is 5.32 Å². The first-order chi connectivity index (χ1) is 7.54. The fourth-order valence-corrected chi connectivity index (χ4v) is 1.37. The van der Waals surface area contributed by atoms with Gasteiger partial charge in [-0.1, -0.05) is 6.92 Å². The Labute approximate surface area is 94.2 Å². The van der Waals surface area contributed by atoms with Gasteiger partial charge in [0.05, 0.1) is 0 Å². The first-order valence-corrected chi connectivity index (χ1v) is 5.59. The monoisotopic (exact) mass is 227 g/mol. The molecule has 0 aromatic heterocycles. The van der Waals surface area contributed by atoms with Crippen molar-refractivity contribution in [3.05, 3.63) is 0 Å². The molecule has 0 unspecified atom stereocenters. The molecule has 0 aromatic rings. The van der Waals surface area contributed by atoms with Crippen LogP contribution in [0.3, 0.4) is 0 Å². The molecule has 2 N–H and O–H groups in total. The Hall–Kier alpha value is -1.39. The summed E-state index contributed by atoms with van der Waals surface area (Å²) in [5, 5.41) is 11.4. The molecule has 0 spiro atoms. The summed E-state index contributed by atoms with van der Waals surface area (Å²) in [6, 6.07) is -0.927. The van der Waals surface area contributed by atoms with E-state index in [1.165, 1.54) is 0 Å². The minimum atomic E-state index is -1.07. The van der Waals surface area contributed by atoms with Crippen LogP contribution in [0.25, 0.3) is 0 Å². The fraction of sp³-hybridized carbons (Fsp3) is 0.727. The second-order valence-corrected chi connectivity index (χ2v) is 4.10. The Morgan fingerprint density at radius 1 is 1.38 bits per heavy atom. The van der Waals surface area contributed by atoms with Crippen molar-refractivity contribution in [1.29, 1.82) is 0 Å². The quantitative estimate of drug-likeness (QED) is 0.671. The summed E-state index contributed by atoms with van der Waals surface area (Å²) in [6.07, 6.45) is 2.47. The summed E-state index contributed by atoms with van der Waals surface area (Å²) < 4.78 is 0. The topological polar surface area (TPSA) is 83.5 Å². The van der Waals surface area contributed by atoms with Gasteiger partial charge in [-0.05, 0) is 19.3 Å². The number of hydrogen-bond acceptors (Lipinski definition) is 3. The molecule has 1 amide bonds. The van der Waals surface area contributed by atoms with Crippen molar-refractivity contribution < 1.29 is 19.5 Å². The molecule has 1 atom stereocenters. The van der Waals surface area contributed by atoms with Gasteiger partial charge in [-0.15, -0.1) is 0 Å². The zero-order chi connectivity index (χ0) is 12.1. The molecule has 0 bridgehead atoms. The van der Waals surface area contributed by atoms with E-state index >= 15 is 0 Å². The number of rotatable bonds is 7. The van der Waals surface area contributed by atoms with Gasteiger partial charge in [0.15, 0.2) is 0 Å². The molecule has 0 saturated heterocycles. The van der Waals surface area contributed by atoms with Crippen LogP contribution in [0, 0.1) is 5.92 Å². The van der Waals surface area contributed by atoms with Gasteiger partial charge in [-0.2, -0.15) is 0 Å². The average Bonchev–Trinajstić information content (AvgIpc) is 3.06. The third-order valence-electron chi connectivity index (χ3n) is 2.67. The van der Waals surface area contributed by atoms with E-state index < -0.39 is 12.0 Å². The molecule has 1 aliphatic carbocycles. The number of ketones is 1. The predicted molar refractivity (Wildman–Crippen MR) is 56.8 cm³/mol. The van der Waals surface area contributed by atoms with E-state index in [1.807, 2.05) is 0 Å². The van der Waals surface area contributed by atoms with Crippen molar-refractivity contribution in [2.75, 3.05) is 0 Å². The SMILES string of the molecule is CCC(=O)CC[C@H](NC(=O)C1CC1)C(=O)O. The average molecular weight is 227 g/mol. The van der Waals surface area contributed by atoms with Crippen LogP contribution in [0.5, 0.6) is 0 Å². The molecular formula is C11H17NO4. The third-order valence-corrected chi connectivity index (χ3v) is 2.67. The van der Waals surface area contributed by atoms with Crippen molar-refractivity contribution in [2.45, 2.75) is 45.1 Å². The highest BCUT2D eigenvalue weighted by atomic mass is 16.4. The lowest BCUT2D eigenvalue weighted by Crippen LogP contribution is -2.41. The molecule has 5 heteroatoms. The van der Waals surface area contributed by atoms with Gasteiger partial charge in [0.2, 0.25) is 5.91 Å². The molecule has 5 nitrogen and oxygen atoms in total. The molecule has 1 saturated carbocycles. The first-order valence-electron chi connectivity index (χ1n) is 5.59. The first kappa shape index (κ1) is 12.7. The van der Waals surface area contributed by atoms with E-state index in [2.05, 4.69) is 5.32 Å². The number of Topliss-reactive ketones (excluding diaryl/α,β-unsaturated/α-hetero) is 1. The van der Waals surface area contributed by atoms with Gasteiger partial charge < -0.3 is 10.4 Å². The highest BCUT2D eigenvalue weighted by Crippen LogP contribution is 2.29. The molecule has 0 aliphatic heterocycles. The smallest absolute Gasteiger partial charge is 0.326 e. The standard InChI is InChI=1S/C11H17NO4/c1-2-8(13)5-6-9(11(15)16)12-10(14)7-3-4-7/h7,9H,2-6H2,1H3,(H,12,14)(H,15,16)/t9-/m0/s1. The van der Waals surface area contributed by atoms with Crippen molar-refractivity contribution in [2.24, 2.45) is 5.92 Å². The van der Waals surface area contributed by atoms with Crippen LogP contribution in [0.2, 0.25) is 0 Å². The minimum Gasteiger partial charge on any atom is -0.480 e. The predicted octanol–water partition coefficient (Wildman–Crippen LogP) is 0.725. The third kappa shape index (κ3) is 4.00. The zero-order valence-electron chi connectivity index (χ0n) is 9.36. The lowest BCUT2D eigenvalue weighted by molar-refractivity contribution is -0.142. The van der Waals surface area contributed by atoms with Gasteiger partial charge >= 0.3 is 5.97 Å². The zero-order valence-corrected chi connectivity index (χ0v) is 9.36. The lowest BCUT2D eigenvalue weighted by atomic mass is 10.1. The van der Waals surface area contributed by atoms with E-state index in [4.69, 9.17) is 5.11 Å². The van der Waals surface area contributed by atoms with Crippen LogP contribution in [-0.4, -0.2) is 28.8 Å². The van der Waals surface area contributed by atoms with E-state index in [-0.39, 0.29) is 30.4 Å². The van der Waals surface area contributed by atoms with Crippen LogP contribution in [0.4, 0.5) is 0 Å². The maximum atomic E-state index is 11.4.